The lowest BCUT2D eigenvalue weighted by molar-refractivity contribution is -0.141. The van der Waals surface area contributed by atoms with Crippen LogP contribution in [0.3, 0.4) is 0 Å². The van der Waals surface area contributed by atoms with Gasteiger partial charge in [-0.2, -0.15) is 5.10 Å². The van der Waals surface area contributed by atoms with Crippen LogP contribution < -0.4 is 15.0 Å². The molecule has 35 heavy (non-hydrogen) atoms. The third kappa shape index (κ3) is 5.27. The van der Waals surface area contributed by atoms with E-state index in [-0.39, 0.29) is 24.9 Å². The first-order valence-electron chi connectivity index (χ1n) is 11.5. The third-order valence-electron chi connectivity index (χ3n) is 6.16. The molecule has 8 heteroatoms. The molecule has 0 spiro atoms. The minimum atomic E-state index is -0.130. The number of carbonyl (C=O) groups excluding carboxylic acids is 2. The molecule has 8 nitrogen and oxygen atoms in total. The quantitative estimate of drug-likeness (QED) is 0.414. The number of aromatic nitrogens is 2. The van der Waals surface area contributed by atoms with Crippen LogP contribution in [0.4, 0.5) is 5.69 Å². The molecule has 178 valence electrons. The van der Waals surface area contributed by atoms with Crippen LogP contribution in [0.15, 0.2) is 72.9 Å². The highest BCUT2D eigenvalue weighted by Crippen LogP contribution is 2.25. The first kappa shape index (κ1) is 22.5. The molecule has 1 aliphatic heterocycles. The number of amides is 2. The lowest BCUT2D eigenvalue weighted by Crippen LogP contribution is -2.51. The fourth-order valence-corrected chi connectivity index (χ4v) is 4.35. The molecule has 0 atom stereocenters. The van der Waals surface area contributed by atoms with Crippen molar-refractivity contribution in [3.63, 3.8) is 0 Å². The molecule has 3 aromatic carbocycles. The third-order valence-corrected chi connectivity index (χ3v) is 6.16. The van der Waals surface area contributed by atoms with Crippen LogP contribution in [-0.2, 0) is 29.2 Å². The number of methoxy groups -OCH3 is 1. The molecule has 0 bridgehead atoms. The highest BCUT2D eigenvalue weighted by atomic mass is 16.5. The van der Waals surface area contributed by atoms with Gasteiger partial charge in [-0.3, -0.25) is 14.7 Å². The highest BCUT2D eigenvalue weighted by Gasteiger charge is 2.23. The van der Waals surface area contributed by atoms with Crippen molar-refractivity contribution in [2.45, 2.75) is 19.6 Å². The molecule has 1 aromatic heterocycles. The molecule has 1 saturated heterocycles. The number of aromatic amines is 1. The summed E-state index contributed by atoms with van der Waals surface area (Å²) in [7, 11) is 1.67. The second-order valence-electron chi connectivity index (χ2n) is 8.70. The van der Waals surface area contributed by atoms with Gasteiger partial charge in [-0.05, 0) is 47.0 Å². The van der Waals surface area contributed by atoms with Crippen molar-refractivity contribution < 1.29 is 14.3 Å². The maximum Gasteiger partial charge on any atom is 0.242 e. The van der Waals surface area contributed by atoms with E-state index in [4.69, 9.17) is 4.74 Å². The van der Waals surface area contributed by atoms with Gasteiger partial charge in [-0.25, -0.2) is 0 Å². The molecule has 2 heterocycles. The summed E-state index contributed by atoms with van der Waals surface area (Å²) in [6, 6.07) is 22.5. The van der Waals surface area contributed by atoms with E-state index < -0.39 is 0 Å². The highest BCUT2D eigenvalue weighted by molar-refractivity contribution is 5.92. The number of nitrogens with one attached hydrogen (secondary N) is 2. The van der Waals surface area contributed by atoms with E-state index in [0.29, 0.717) is 19.6 Å². The van der Waals surface area contributed by atoms with Gasteiger partial charge in [0.2, 0.25) is 11.8 Å². The van der Waals surface area contributed by atoms with Gasteiger partial charge < -0.3 is 19.9 Å². The number of rotatable bonds is 8. The normalized spacial score (nSPS) is 13.7. The number of anilines is 1. The summed E-state index contributed by atoms with van der Waals surface area (Å²) >= 11 is 0. The Balaban J connectivity index is 1.43. The number of ether oxygens (including phenoxy) is 1. The van der Waals surface area contributed by atoms with E-state index >= 15 is 0 Å². The summed E-state index contributed by atoms with van der Waals surface area (Å²) in [5.74, 6) is 0.614. The number of hydrogen-bond donors (Lipinski definition) is 2. The van der Waals surface area contributed by atoms with Crippen LogP contribution in [-0.4, -0.2) is 47.1 Å². The Hall–Kier alpha value is -4.33. The Morgan fingerprint density at radius 2 is 1.77 bits per heavy atom. The van der Waals surface area contributed by atoms with Crippen molar-refractivity contribution in [1.82, 2.24) is 20.4 Å². The van der Waals surface area contributed by atoms with Gasteiger partial charge >= 0.3 is 0 Å². The van der Waals surface area contributed by atoms with Crippen LogP contribution in [0.5, 0.6) is 5.75 Å². The zero-order chi connectivity index (χ0) is 24.2. The number of hydrogen-bond acceptors (Lipinski definition) is 5. The van der Waals surface area contributed by atoms with E-state index in [2.05, 4.69) is 56.8 Å². The molecule has 4 aromatic rings. The van der Waals surface area contributed by atoms with E-state index in [1.807, 2.05) is 36.5 Å². The molecule has 0 unspecified atom stereocenters. The lowest BCUT2D eigenvalue weighted by atomic mass is 10.1. The van der Waals surface area contributed by atoms with Crippen molar-refractivity contribution in [1.29, 1.82) is 0 Å². The summed E-state index contributed by atoms with van der Waals surface area (Å²) in [4.78, 5) is 27.9. The van der Waals surface area contributed by atoms with Gasteiger partial charge in [-0.1, -0.05) is 36.4 Å². The van der Waals surface area contributed by atoms with Crippen molar-refractivity contribution >= 4 is 28.4 Å². The van der Waals surface area contributed by atoms with Crippen molar-refractivity contribution in [2.24, 2.45) is 0 Å². The maximum absolute atomic E-state index is 12.3. The molecule has 0 radical (unpaired) electrons. The number of fused-ring (bicyclic) bond motifs is 1. The number of nitrogens with zero attached hydrogens (tertiary/aromatic N) is 3. The molecule has 2 amide bonds. The number of H-pyrrole nitrogens is 1. The first-order chi connectivity index (χ1) is 17.1. The predicted molar refractivity (Wildman–Crippen MR) is 134 cm³/mol. The minimum Gasteiger partial charge on any atom is -0.497 e. The van der Waals surface area contributed by atoms with Gasteiger partial charge in [0.25, 0.3) is 0 Å². The minimum absolute atomic E-state index is 0.0522. The van der Waals surface area contributed by atoms with Crippen molar-refractivity contribution in [3.8, 4) is 5.75 Å². The van der Waals surface area contributed by atoms with Gasteiger partial charge in [0, 0.05) is 30.7 Å². The fourth-order valence-electron chi connectivity index (χ4n) is 4.35. The van der Waals surface area contributed by atoms with Gasteiger partial charge in [0.15, 0.2) is 0 Å². The molecular formula is C27H27N5O3. The second-order valence-corrected chi connectivity index (χ2v) is 8.70. The zero-order valence-electron chi connectivity index (χ0n) is 19.5. The Kier molecular flexibility index (Phi) is 6.34. The largest absolute Gasteiger partial charge is 0.497 e. The van der Waals surface area contributed by atoms with Gasteiger partial charge in [0.1, 0.15) is 5.75 Å². The van der Waals surface area contributed by atoms with E-state index in [1.165, 1.54) is 0 Å². The SMILES string of the molecule is COc1cccc(CN(Cc2ccc3cn[nH]c3c2)c2cccc(CN3CC(=O)NCC3=O)c2)c1. The van der Waals surface area contributed by atoms with Crippen LogP contribution in [0.25, 0.3) is 10.9 Å². The zero-order valence-corrected chi connectivity index (χ0v) is 19.5. The van der Waals surface area contributed by atoms with Crippen LogP contribution in [0.2, 0.25) is 0 Å². The van der Waals surface area contributed by atoms with E-state index in [0.717, 1.165) is 39.0 Å². The summed E-state index contributed by atoms with van der Waals surface area (Å²) in [6.45, 7) is 1.89. The molecule has 5 rings (SSSR count). The Bertz CT molecular complexity index is 1370. The smallest absolute Gasteiger partial charge is 0.242 e. The summed E-state index contributed by atoms with van der Waals surface area (Å²) in [5.41, 5.74) is 5.28. The van der Waals surface area contributed by atoms with Gasteiger partial charge in [0.05, 0.1) is 31.9 Å². The molecule has 1 aliphatic rings. The average Bonchev–Trinajstić information content (AvgIpc) is 3.34. The molecular weight excluding hydrogens is 442 g/mol. The topological polar surface area (TPSA) is 90.6 Å². The number of carbonyl (C=O) groups is 2. The van der Waals surface area contributed by atoms with E-state index in [1.54, 1.807) is 12.0 Å². The summed E-state index contributed by atoms with van der Waals surface area (Å²) in [5, 5.41) is 10.8. The van der Waals surface area contributed by atoms with Crippen LogP contribution >= 0.6 is 0 Å². The van der Waals surface area contributed by atoms with E-state index in [9.17, 15) is 9.59 Å². The Morgan fingerprint density at radius 3 is 2.63 bits per heavy atom. The molecule has 1 fully saturated rings. The summed E-state index contributed by atoms with van der Waals surface area (Å²) in [6.07, 6.45) is 1.82. The second kappa shape index (κ2) is 9.89. The Labute approximate surface area is 203 Å². The number of benzene rings is 3. The predicted octanol–water partition coefficient (Wildman–Crippen LogP) is 3.24. The van der Waals surface area contributed by atoms with Crippen molar-refractivity contribution in [3.05, 3.63) is 89.6 Å². The fraction of sp³-hybridized carbons (Fsp3) is 0.222. The standard InChI is InChI=1S/C27H27N5O3/c1-35-24-7-3-5-20(11-24)15-31(16-21-8-9-22-13-29-30-25(22)12-21)23-6-2-4-19(10-23)17-32-18-26(33)28-14-27(32)34/h2-13H,14-18H2,1H3,(H,28,33)(H,29,30). The number of piperazine rings is 1. The van der Waals surface area contributed by atoms with Crippen LogP contribution in [0, 0.1) is 0 Å². The summed E-state index contributed by atoms with van der Waals surface area (Å²) < 4.78 is 5.42. The molecule has 2 N–H and O–H groups in total. The molecule has 0 aliphatic carbocycles. The maximum atomic E-state index is 12.3. The van der Waals surface area contributed by atoms with Crippen LogP contribution in [0.1, 0.15) is 16.7 Å². The lowest BCUT2D eigenvalue weighted by Gasteiger charge is -2.28. The van der Waals surface area contributed by atoms with Crippen molar-refractivity contribution in [2.75, 3.05) is 25.1 Å². The monoisotopic (exact) mass is 469 g/mol. The van der Waals surface area contributed by atoms with Gasteiger partial charge in [-0.15, -0.1) is 0 Å². The average molecular weight is 470 g/mol. The first-order valence-corrected chi connectivity index (χ1v) is 11.5. The molecule has 0 saturated carbocycles. The Morgan fingerprint density at radius 1 is 0.971 bits per heavy atom.